The Hall–Kier alpha value is -4.21. The van der Waals surface area contributed by atoms with Gasteiger partial charge in [0.05, 0.1) is 33.7 Å². The van der Waals surface area contributed by atoms with Gasteiger partial charge in [0.25, 0.3) is 10.0 Å². The second-order valence-electron chi connectivity index (χ2n) is 8.48. The van der Waals surface area contributed by atoms with Crippen LogP contribution in [0.4, 0.5) is 5.69 Å². The number of nitrogens with one attached hydrogen (secondary N) is 1. The van der Waals surface area contributed by atoms with Crippen molar-refractivity contribution in [1.29, 1.82) is 5.26 Å². The fourth-order valence-electron chi connectivity index (χ4n) is 3.60. The van der Waals surface area contributed by atoms with Crippen molar-refractivity contribution in [1.82, 2.24) is 0 Å². The molecule has 208 valence electrons. The SMILES string of the molecule is N#Cc1ccc(CCOc2cccc(NS(=O)(=O)c3ccccc3)c2)cc1.NS(=O)(=O)c1ccccc1CCO. The summed E-state index contributed by atoms with van der Waals surface area (Å²) in [4.78, 5) is 0.293. The maximum absolute atomic E-state index is 12.4. The molecule has 0 atom stereocenters. The van der Waals surface area contributed by atoms with E-state index in [0.717, 1.165) is 5.56 Å². The first-order valence-corrected chi connectivity index (χ1v) is 15.2. The average Bonchev–Trinajstić information content (AvgIpc) is 2.94. The molecule has 0 aliphatic rings. The molecule has 0 radical (unpaired) electrons. The smallest absolute Gasteiger partial charge is 0.261 e. The third kappa shape index (κ3) is 9.21. The van der Waals surface area contributed by atoms with Crippen molar-refractivity contribution in [2.45, 2.75) is 22.6 Å². The van der Waals surface area contributed by atoms with Crippen LogP contribution in [0.5, 0.6) is 5.75 Å². The van der Waals surface area contributed by atoms with Gasteiger partial charge in [-0.25, -0.2) is 22.0 Å². The van der Waals surface area contributed by atoms with Gasteiger partial charge in [0.1, 0.15) is 5.75 Å². The van der Waals surface area contributed by atoms with E-state index in [-0.39, 0.29) is 16.4 Å². The molecule has 0 spiro atoms. The number of benzene rings is 4. The molecular formula is C29H29N3O6S2. The normalized spacial score (nSPS) is 11.0. The highest BCUT2D eigenvalue weighted by Crippen LogP contribution is 2.21. The van der Waals surface area contributed by atoms with Crippen molar-refractivity contribution in [2.24, 2.45) is 5.14 Å². The van der Waals surface area contributed by atoms with Crippen molar-refractivity contribution < 1.29 is 26.7 Å². The maximum Gasteiger partial charge on any atom is 0.261 e. The van der Waals surface area contributed by atoms with E-state index >= 15 is 0 Å². The summed E-state index contributed by atoms with van der Waals surface area (Å²) in [6, 6.07) is 30.8. The Morgan fingerprint density at radius 3 is 2.15 bits per heavy atom. The number of anilines is 1. The van der Waals surface area contributed by atoms with Crippen molar-refractivity contribution in [3.63, 3.8) is 0 Å². The van der Waals surface area contributed by atoms with Gasteiger partial charge in [-0.1, -0.05) is 54.6 Å². The number of aliphatic hydroxyl groups is 1. The molecular weight excluding hydrogens is 550 g/mol. The van der Waals surface area contributed by atoms with Crippen LogP contribution in [0.15, 0.2) is 113 Å². The number of aliphatic hydroxyl groups excluding tert-OH is 1. The number of ether oxygens (including phenoxy) is 1. The topological polar surface area (TPSA) is 160 Å². The molecule has 0 aliphatic heterocycles. The molecule has 0 unspecified atom stereocenters. The monoisotopic (exact) mass is 579 g/mol. The molecule has 0 saturated carbocycles. The van der Waals surface area contributed by atoms with E-state index in [1.165, 1.54) is 6.07 Å². The van der Waals surface area contributed by atoms with Crippen LogP contribution in [0, 0.1) is 11.3 Å². The summed E-state index contributed by atoms with van der Waals surface area (Å²) in [5.41, 5.74) is 2.68. The molecule has 4 aromatic carbocycles. The summed E-state index contributed by atoms with van der Waals surface area (Å²) in [5, 5.41) is 22.5. The molecule has 11 heteroatoms. The van der Waals surface area contributed by atoms with Crippen LogP contribution in [-0.4, -0.2) is 35.2 Å². The number of nitriles is 1. The standard InChI is InChI=1S/C21H18N2O3S.C8H11NO3S/c22-16-18-11-9-17(10-12-18)13-14-26-20-6-4-5-19(15-20)23-27(24,25)21-7-2-1-3-8-21;9-13(11,12)8-4-2-1-3-7(8)5-6-10/h1-12,15,23H,13-14H2;1-4,10H,5-6H2,(H2,9,11,12). The Kier molecular flexibility index (Phi) is 10.8. The van der Waals surface area contributed by atoms with E-state index in [9.17, 15) is 16.8 Å². The van der Waals surface area contributed by atoms with E-state index in [2.05, 4.69) is 10.8 Å². The Labute approximate surface area is 234 Å². The molecule has 0 aliphatic carbocycles. The van der Waals surface area contributed by atoms with Crippen LogP contribution in [0.25, 0.3) is 0 Å². The lowest BCUT2D eigenvalue weighted by atomic mass is 10.1. The minimum atomic E-state index is -3.67. The Bertz CT molecular complexity index is 1650. The van der Waals surface area contributed by atoms with Crippen LogP contribution in [-0.2, 0) is 32.9 Å². The van der Waals surface area contributed by atoms with E-state index < -0.39 is 20.0 Å². The number of nitrogens with two attached hydrogens (primary N) is 1. The van der Waals surface area contributed by atoms with E-state index in [0.29, 0.717) is 42.0 Å². The summed E-state index contributed by atoms with van der Waals surface area (Å²) >= 11 is 0. The quantitative estimate of drug-likeness (QED) is 0.257. The lowest BCUT2D eigenvalue weighted by Crippen LogP contribution is -2.14. The first-order chi connectivity index (χ1) is 19.1. The molecule has 0 amide bonds. The highest BCUT2D eigenvalue weighted by atomic mass is 32.2. The van der Waals surface area contributed by atoms with Crippen molar-refractivity contribution in [3.05, 3.63) is 120 Å². The van der Waals surface area contributed by atoms with Crippen LogP contribution < -0.4 is 14.6 Å². The molecule has 4 rings (SSSR count). The summed E-state index contributed by atoms with van der Waals surface area (Å²) in [6.45, 7) is 0.354. The Morgan fingerprint density at radius 1 is 0.825 bits per heavy atom. The predicted molar refractivity (Wildman–Crippen MR) is 153 cm³/mol. The van der Waals surface area contributed by atoms with E-state index in [1.807, 2.05) is 12.1 Å². The van der Waals surface area contributed by atoms with Gasteiger partial charge in [-0.2, -0.15) is 5.26 Å². The van der Waals surface area contributed by atoms with Crippen LogP contribution >= 0.6 is 0 Å². The summed E-state index contributed by atoms with van der Waals surface area (Å²) in [6.07, 6.45) is 0.984. The van der Waals surface area contributed by atoms with Crippen molar-refractivity contribution in [3.8, 4) is 11.8 Å². The molecule has 0 aromatic heterocycles. The Morgan fingerprint density at radius 2 is 1.50 bits per heavy atom. The van der Waals surface area contributed by atoms with E-state index in [1.54, 1.807) is 84.9 Å². The molecule has 40 heavy (non-hydrogen) atoms. The largest absolute Gasteiger partial charge is 0.493 e. The van der Waals surface area contributed by atoms with E-state index in [4.69, 9.17) is 20.2 Å². The first-order valence-electron chi connectivity index (χ1n) is 12.1. The van der Waals surface area contributed by atoms with Crippen molar-refractivity contribution >= 4 is 25.7 Å². The zero-order chi connectivity index (χ0) is 29.0. The second kappa shape index (κ2) is 14.3. The zero-order valence-corrected chi connectivity index (χ0v) is 23.1. The third-order valence-corrected chi connectivity index (χ3v) is 7.95. The number of nitrogens with zero attached hydrogens (tertiary/aromatic N) is 1. The van der Waals surface area contributed by atoms with Gasteiger partial charge >= 0.3 is 0 Å². The zero-order valence-electron chi connectivity index (χ0n) is 21.5. The van der Waals surface area contributed by atoms with Crippen molar-refractivity contribution in [2.75, 3.05) is 17.9 Å². The molecule has 4 N–H and O–H groups in total. The van der Waals surface area contributed by atoms with Crippen LogP contribution in [0.1, 0.15) is 16.7 Å². The predicted octanol–water partition coefficient (Wildman–Crippen LogP) is 3.85. The highest BCUT2D eigenvalue weighted by molar-refractivity contribution is 7.92. The number of primary sulfonamides is 1. The molecule has 0 heterocycles. The molecule has 0 fully saturated rings. The second-order valence-corrected chi connectivity index (χ2v) is 11.7. The lowest BCUT2D eigenvalue weighted by molar-refractivity contribution is 0.298. The number of hydrogen-bond acceptors (Lipinski definition) is 7. The van der Waals surface area contributed by atoms with Gasteiger partial charge in [-0.3, -0.25) is 4.72 Å². The van der Waals surface area contributed by atoms with Gasteiger partial charge in [-0.15, -0.1) is 0 Å². The highest BCUT2D eigenvalue weighted by Gasteiger charge is 2.14. The fraction of sp³-hybridized carbons (Fsp3) is 0.138. The van der Waals surface area contributed by atoms with Gasteiger partial charge in [0, 0.05) is 19.1 Å². The Balaban J connectivity index is 0.000000285. The van der Waals surface area contributed by atoms with Crippen LogP contribution in [0.3, 0.4) is 0 Å². The maximum atomic E-state index is 12.4. The molecule has 0 bridgehead atoms. The first kappa shape index (κ1) is 30.3. The van der Waals surface area contributed by atoms with Gasteiger partial charge < -0.3 is 9.84 Å². The summed E-state index contributed by atoms with van der Waals surface area (Å²) < 4.78 is 55.1. The number of sulfonamides is 2. The summed E-state index contributed by atoms with van der Waals surface area (Å²) in [7, 11) is -7.30. The minimum Gasteiger partial charge on any atom is -0.493 e. The average molecular weight is 580 g/mol. The summed E-state index contributed by atoms with van der Waals surface area (Å²) in [5.74, 6) is 0.580. The molecule has 0 saturated heterocycles. The minimum absolute atomic E-state index is 0.0871. The van der Waals surface area contributed by atoms with Crippen LogP contribution in [0.2, 0.25) is 0 Å². The van der Waals surface area contributed by atoms with Gasteiger partial charge in [-0.05, 0) is 60.0 Å². The number of rotatable bonds is 10. The molecule has 4 aromatic rings. The van der Waals surface area contributed by atoms with Gasteiger partial charge in [0.2, 0.25) is 10.0 Å². The third-order valence-electron chi connectivity index (χ3n) is 5.54. The van der Waals surface area contributed by atoms with Gasteiger partial charge in [0.15, 0.2) is 0 Å². The lowest BCUT2D eigenvalue weighted by Gasteiger charge is -2.11. The number of hydrogen-bond donors (Lipinski definition) is 3. The molecule has 9 nitrogen and oxygen atoms in total. The fourth-order valence-corrected chi connectivity index (χ4v) is 5.48.